The molecule has 0 aliphatic rings. The topological polar surface area (TPSA) is 25.2 Å². The molecule has 20 heavy (non-hydrogen) atoms. The highest BCUT2D eigenvalue weighted by Crippen LogP contribution is 2.38. The molecular formula is C15H16F3NO. The van der Waals surface area contributed by atoms with Gasteiger partial charge in [-0.15, -0.1) is 0 Å². The van der Waals surface area contributed by atoms with Crippen molar-refractivity contribution in [3.8, 4) is 11.1 Å². The largest absolute Gasteiger partial charge is 0.467 e. The zero-order valence-corrected chi connectivity index (χ0v) is 11.1. The summed E-state index contributed by atoms with van der Waals surface area (Å²) in [6.45, 7) is 3.23. The number of nitrogens with one attached hydrogen (secondary N) is 1. The lowest BCUT2D eigenvalue weighted by molar-refractivity contribution is -0.137. The summed E-state index contributed by atoms with van der Waals surface area (Å²) >= 11 is 0. The van der Waals surface area contributed by atoms with Crippen molar-refractivity contribution in [2.45, 2.75) is 26.1 Å². The Morgan fingerprint density at radius 2 is 1.85 bits per heavy atom. The maximum atomic E-state index is 13.0. The van der Waals surface area contributed by atoms with Crippen LogP contribution in [0.2, 0.25) is 0 Å². The van der Waals surface area contributed by atoms with Crippen molar-refractivity contribution in [3.05, 3.63) is 47.9 Å². The summed E-state index contributed by atoms with van der Waals surface area (Å²) < 4.78 is 44.4. The van der Waals surface area contributed by atoms with Gasteiger partial charge >= 0.3 is 6.18 Å². The quantitative estimate of drug-likeness (QED) is 0.819. The van der Waals surface area contributed by atoms with Gasteiger partial charge in [-0.1, -0.05) is 25.1 Å². The van der Waals surface area contributed by atoms with Crippen LogP contribution in [0.3, 0.4) is 0 Å². The second-order valence-corrected chi connectivity index (χ2v) is 4.48. The van der Waals surface area contributed by atoms with Gasteiger partial charge in [0, 0.05) is 5.56 Å². The Morgan fingerprint density at radius 1 is 1.10 bits per heavy atom. The molecule has 0 atom stereocenters. The van der Waals surface area contributed by atoms with Crippen molar-refractivity contribution in [2.75, 3.05) is 6.54 Å². The Morgan fingerprint density at radius 3 is 2.55 bits per heavy atom. The van der Waals surface area contributed by atoms with E-state index in [1.54, 1.807) is 12.1 Å². The van der Waals surface area contributed by atoms with Crippen LogP contribution in [0.1, 0.15) is 24.7 Å². The lowest BCUT2D eigenvalue weighted by atomic mass is 9.99. The van der Waals surface area contributed by atoms with Crippen LogP contribution in [0.15, 0.2) is 41.0 Å². The standard InChI is InChI=1S/C15H16F3NO/c1-2-8-19-10-14-12(7-9-20-14)11-5-3-4-6-13(11)15(16,17)18/h3-7,9,19H,2,8,10H2,1H3. The lowest BCUT2D eigenvalue weighted by Gasteiger charge is -2.12. The monoisotopic (exact) mass is 283 g/mol. The minimum atomic E-state index is -4.37. The molecule has 0 amide bonds. The zero-order chi connectivity index (χ0) is 14.6. The molecule has 0 spiro atoms. The van der Waals surface area contributed by atoms with Crippen molar-refractivity contribution in [2.24, 2.45) is 0 Å². The van der Waals surface area contributed by atoms with E-state index in [1.165, 1.54) is 18.4 Å². The van der Waals surface area contributed by atoms with E-state index in [4.69, 9.17) is 4.42 Å². The van der Waals surface area contributed by atoms with Gasteiger partial charge < -0.3 is 9.73 Å². The van der Waals surface area contributed by atoms with E-state index in [9.17, 15) is 13.2 Å². The summed E-state index contributed by atoms with van der Waals surface area (Å²) in [5.74, 6) is 0.523. The number of hydrogen-bond acceptors (Lipinski definition) is 2. The molecule has 0 saturated carbocycles. The molecule has 1 aromatic carbocycles. The van der Waals surface area contributed by atoms with Crippen LogP contribution in [0.5, 0.6) is 0 Å². The number of alkyl halides is 3. The highest BCUT2D eigenvalue weighted by atomic mass is 19.4. The summed E-state index contributed by atoms with van der Waals surface area (Å²) in [5, 5.41) is 3.13. The Balaban J connectivity index is 2.35. The predicted octanol–water partition coefficient (Wildman–Crippen LogP) is 4.47. The first-order valence-corrected chi connectivity index (χ1v) is 6.47. The smallest absolute Gasteiger partial charge is 0.417 e. The molecule has 0 bridgehead atoms. The number of rotatable bonds is 5. The highest BCUT2D eigenvalue weighted by Gasteiger charge is 2.34. The molecule has 0 saturated heterocycles. The summed E-state index contributed by atoms with van der Waals surface area (Å²) in [7, 11) is 0. The Kier molecular flexibility index (Phi) is 4.49. The molecule has 2 aromatic rings. The van der Waals surface area contributed by atoms with Crippen LogP contribution in [0, 0.1) is 0 Å². The third kappa shape index (κ3) is 3.22. The van der Waals surface area contributed by atoms with Crippen molar-refractivity contribution >= 4 is 0 Å². The minimum absolute atomic E-state index is 0.155. The molecule has 2 nitrogen and oxygen atoms in total. The van der Waals surface area contributed by atoms with Gasteiger partial charge in [-0.25, -0.2) is 0 Å². The first-order valence-electron chi connectivity index (χ1n) is 6.47. The summed E-state index contributed by atoms with van der Waals surface area (Å²) in [6.07, 6.45) is -2.00. The van der Waals surface area contributed by atoms with Crippen molar-refractivity contribution in [1.29, 1.82) is 0 Å². The molecule has 1 N–H and O–H groups in total. The van der Waals surface area contributed by atoms with E-state index in [2.05, 4.69) is 5.32 Å². The third-order valence-electron chi connectivity index (χ3n) is 2.98. The van der Waals surface area contributed by atoms with E-state index in [0.29, 0.717) is 17.9 Å². The second-order valence-electron chi connectivity index (χ2n) is 4.48. The molecule has 0 aliphatic carbocycles. The van der Waals surface area contributed by atoms with Crippen LogP contribution in [-0.2, 0) is 12.7 Å². The van der Waals surface area contributed by atoms with Gasteiger partial charge in [0.15, 0.2) is 0 Å². The molecule has 2 rings (SSSR count). The maximum absolute atomic E-state index is 13.0. The SMILES string of the molecule is CCCNCc1occc1-c1ccccc1C(F)(F)F. The number of halogens is 3. The summed E-state index contributed by atoms with van der Waals surface area (Å²) in [4.78, 5) is 0. The first-order chi connectivity index (χ1) is 9.54. The molecule has 5 heteroatoms. The van der Waals surface area contributed by atoms with E-state index in [1.807, 2.05) is 6.92 Å². The Labute approximate surface area is 115 Å². The van der Waals surface area contributed by atoms with E-state index >= 15 is 0 Å². The van der Waals surface area contributed by atoms with Crippen LogP contribution < -0.4 is 5.32 Å². The Hall–Kier alpha value is -1.75. The predicted molar refractivity (Wildman–Crippen MR) is 71.1 cm³/mol. The molecule has 1 aromatic heterocycles. The lowest BCUT2D eigenvalue weighted by Crippen LogP contribution is -2.14. The number of furan rings is 1. The van der Waals surface area contributed by atoms with Crippen molar-refractivity contribution in [3.63, 3.8) is 0 Å². The van der Waals surface area contributed by atoms with Gasteiger partial charge in [-0.05, 0) is 30.7 Å². The third-order valence-corrected chi connectivity index (χ3v) is 2.98. The first kappa shape index (κ1) is 14.7. The van der Waals surface area contributed by atoms with Crippen LogP contribution in [0.4, 0.5) is 13.2 Å². The van der Waals surface area contributed by atoms with Crippen LogP contribution in [0.25, 0.3) is 11.1 Å². The molecule has 0 fully saturated rings. The number of benzene rings is 1. The molecule has 1 heterocycles. The average molecular weight is 283 g/mol. The molecule has 0 unspecified atom stereocenters. The molecular weight excluding hydrogens is 267 g/mol. The van der Waals surface area contributed by atoms with Crippen molar-refractivity contribution in [1.82, 2.24) is 5.32 Å². The van der Waals surface area contributed by atoms with Gasteiger partial charge in [-0.2, -0.15) is 13.2 Å². The van der Waals surface area contributed by atoms with Crippen LogP contribution in [-0.4, -0.2) is 6.54 Å². The van der Waals surface area contributed by atoms with E-state index < -0.39 is 11.7 Å². The summed E-state index contributed by atoms with van der Waals surface area (Å²) in [6, 6.07) is 7.12. The van der Waals surface area contributed by atoms with E-state index in [0.717, 1.165) is 19.0 Å². The van der Waals surface area contributed by atoms with Gasteiger partial charge in [0.05, 0.1) is 18.4 Å². The fourth-order valence-electron chi connectivity index (χ4n) is 2.06. The van der Waals surface area contributed by atoms with Gasteiger partial charge in [-0.3, -0.25) is 0 Å². The zero-order valence-electron chi connectivity index (χ0n) is 11.1. The second kappa shape index (κ2) is 6.13. The fourth-order valence-corrected chi connectivity index (χ4v) is 2.06. The maximum Gasteiger partial charge on any atom is 0.417 e. The van der Waals surface area contributed by atoms with Gasteiger partial charge in [0.25, 0.3) is 0 Å². The fraction of sp³-hybridized carbons (Fsp3) is 0.333. The molecule has 0 aliphatic heterocycles. The summed E-state index contributed by atoms with van der Waals surface area (Å²) in [5.41, 5.74) is 0.00159. The van der Waals surface area contributed by atoms with E-state index in [-0.39, 0.29) is 5.56 Å². The van der Waals surface area contributed by atoms with Crippen LogP contribution >= 0.6 is 0 Å². The van der Waals surface area contributed by atoms with Gasteiger partial charge in [0.2, 0.25) is 0 Å². The average Bonchev–Trinajstić information content (AvgIpc) is 2.86. The minimum Gasteiger partial charge on any atom is -0.467 e. The van der Waals surface area contributed by atoms with Crippen molar-refractivity contribution < 1.29 is 17.6 Å². The van der Waals surface area contributed by atoms with Gasteiger partial charge in [0.1, 0.15) is 5.76 Å². The Bertz CT molecular complexity index is 560. The molecule has 108 valence electrons. The normalized spacial score (nSPS) is 11.8. The highest BCUT2D eigenvalue weighted by molar-refractivity contribution is 5.69. The number of hydrogen-bond donors (Lipinski definition) is 1. The molecule has 0 radical (unpaired) electrons.